The van der Waals surface area contributed by atoms with Gasteiger partial charge in [0, 0.05) is 33.1 Å². The molecular weight excluding hydrogens is 463 g/mol. The quantitative estimate of drug-likeness (QED) is 0.399. The maximum atomic E-state index is 13.1. The molecule has 4 aromatic heterocycles. The zero-order chi connectivity index (χ0) is 24.0. The second kappa shape index (κ2) is 8.26. The van der Waals surface area contributed by atoms with Gasteiger partial charge in [-0.25, -0.2) is 23.4 Å². The smallest absolute Gasteiger partial charge is 0.383 e. The minimum atomic E-state index is -4.59. The van der Waals surface area contributed by atoms with Gasteiger partial charge in [0.1, 0.15) is 22.7 Å². The Labute approximate surface area is 186 Å². The average molecular weight is 483 g/mol. The minimum absolute atomic E-state index is 0.0316. The van der Waals surface area contributed by atoms with Gasteiger partial charge in [0.25, 0.3) is 0 Å². The van der Waals surface area contributed by atoms with Crippen LogP contribution >= 0.6 is 0 Å². The lowest BCUT2D eigenvalue weighted by Crippen LogP contribution is -2.11. The number of aromatic nitrogens is 6. The van der Waals surface area contributed by atoms with Crippen molar-refractivity contribution in [1.29, 1.82) is 0 Å². The number of fused-ring (bicyclic) bond motifs is 2. The molecule has 0 aromatic carbocycles. The van der Waals surface area contributed by atoms with Gasteiger partial charge in [-0.05, 0) is 12.1 Å². The van der Waals surface area contributed by atoms with Crippen molar-refractivity contribution in [2.75, 3.05) is 31.3 Å². The van der Waals surface area contributed by atoms with Crippen LogP contribution in [0, 0.1) is 0 Å². The van der Waals surface area contributed by atoms with Crippen molar-refractivity contribution in [3.05, 3.63) is 30.1 Å². The molecule has 0 atom stereocenters. The SMILES string of the molecule is CCS(=O)(=O)c1nn2c(NCCOC)ccnc2c1-c1nc2cc(C(F)(F)F)cnc2n1C. The molecule has 176 valence electrons. The molecule has 4 rings (SSSR count). The Bertz CT molecular complexity index is 1440. The number of sulfone groups is 1. The van der Waals surface area contributed by atoms with Crippen LogP contribution in [0.2, 0.25) is 0 Å². The van der Waals surface area contributed by atoms with Crippen molar-refractivity contribution in [2.24, 2.45) is 7.05 Å². The summed E-state index contributed by atoms with van der Waals surface area (Å²) < 4.78 is 73.0. The van der Waals surface area contributed by atoms with Gasteiger partial charge in [0.15, 0.2) is 26.2 Å². The van der Waals surface area contributed by atoms with Crippen LogP contribution in [0.3, 0.4) is 0 Å². The minimum Gasteiger partial charge on any atom is -0.383 e. The molecule has 0 saturated heterocycles. The van der Waals surface area contributed by atoms with E-state index < -0.39 is 21.6 Å². The number of anilines is 1. The maximum absolute atomic E-state index is 13.1. The van der Waals surface area contributed by atoms with Gasteiger partial charge >= 0.3 is 6.18 Å². The third-order valence-corrected chi connectivity index (χ3v) is 6.67. The molecule has 0 radical (unpaired) electrons. The average Bonchev–Trinajstić information content (AvgIpc) is 3.32. The van der Waals surface area contributed by atoms with Crippen LogP contribution < -0.4 is 5.32 Å². The molecule has 0 fully saturated rings. The van der Waals surface area contributed by atoms with E-state index >= 15 is 0 Å². The van der Waals surface area contributed by atoms with Crippen LogP contribution in [-0.2, 0) is 27.8 Å². The Morgan fingerprint density at radius 2 is 1.97 bits per heavy atom. The fourth-order valence-corrected chi connectivity index (χ4v) is 4.32. The highest BCUT2D eigenvalue weighted by molar-refractivity contribution is 7.91. The molecule has 0 aliphatic heterocycles. The van der Waals surface area contributed by atoms with E-state index in [-0.39, 0.29) is 39.0 Å². The van der Waals surface area contributed by atoms with Crippen LogP contribution in [0.5, 0.6) is 0 Å². The molecule has 0 amide bonds. The third kappa shape index (κ3) is 3.99. The molecule has 0 aliphatic carbocycles. The van der Waals surface area contributed by atoms with Crippen molar-refractivity contribution in [3.63, 3.8) is 0 Å². The highest BCUT2D eigenvalue weighted by Gasteiger charge is 2.33. The summed E-state index contributed by atoms with van der Waals surface area (Å²) in [5.74, 6) is 0.309. The summed E-state index contributed by atoms with van der Waals surface area (Å²) in [4.78, 5) is 12.5. The first-order valence-electron chi connectivity index (χ1n) is 9.81. The molecule has 0 bridgehead atoms. The molecule has 10 nitrogen and oxygen atoms in total. The first-order chi connectivity index (χ1) is 15.6. The van der Waals surface area contributed by atoms with Crippen LogP contribution in [0.4, 0.5) is 19.0 Å². The van der Waals surface area contributed by atoms with E-state index in [0.29, 0.717) is 25.2 Å². The van der Waals surface area contributed by atoms with Gasteiger partial charge < -0.3 is 14.6 Å². The van der Waals surface area contributed by atoms with Crippen LogP contribution in [0.25, 0.3) is 28.2 Å². The Balaban J connectivity index is 2.00. The Kier molecular flexibility index (Phi) is 5.74. The predicted octanol–water partition coefficient (Wildman–Crippen LogP) is 2.55. The summed E-state index contributed by atoms with van der Waals surface area (Å²) in [7, 11) is -0.758. The van der Waals surface area contributed by atoms with Gasteiger partial charge in [-0.1, -0.05) is 6.92 Å². The number of imidazole rings is 1. The number of methoxy groups -OCH3 is 1. The predicted molar refractivity (Wildman–Crippen MR) is 114 cm³/mol. The van der Waals surface area contributed by atoms with Gasteiger partial charge in [-0.15, -0.1) is 0 Å². The number of rotatable bonds is 7. The number of nitrogens with zero attached hydrogens (tertiary/aromatic N) is 6. The summed E-state index contributed by atoms with van der Waals surface area (Å²) in [6, 6.07) is 2.49. The van der Waals surface area contributed by atoms with E-state index in [4.69, 9.17) is 4.74 Å². The van der Waals surface area contributed by atoms with Gasteiger partial charge in [-0.3, -0.25) is 0 Å². The molecule has 0 unspecified atom stereocenters. The highest BCUT2D eigenvalue weighted by Crippen LogP contribution is 2.35. The zero-order valence-corrected chi connectivity index (χ0v) is 18.7. The maximum Gasteiger partial charge on any atom is 0.417 e. The molecule has 14 heteroatoms. The summed E-state index contributed by atoms with van der Waals surface area (Å²) >= 11 is 0. The summed E-state index contributed by atoms with van der Waals surface area (Å²) in [5, 5.41) is 7.11. The lowest BCUT2D eigenvalue weighted by Gasteiger charge is -2.07. The monoisotopic (exact) mass is 483 g/mol. The Hall–Kier alpha value is -3.26. The Morgan fingerprint density at radius 1 is 1.21 bits per heavy atom. The van der Waals surface area contributed by atoms with E-state index in [2.05, 4.69) is 25.4 Å². The topological polar surface area (TPSA) is 116 Å². The van der Waals surface area contributed by atoms with Crippen molar-refractivity contribution in [3.8, 4) is 11.4 Å². The number of nitrogens with one attached hydrogen (secondary N) is 1. The van der Waals surface area contributed by atoms with Gasteiger partial charge in [0.2, 0.25) is 0 Å². The lowest BCUT2D eigenvalue weighted by molar-refractivity contribution is -0.137. The number of ether oxygens (including phenoxy) is 1. The van der Waals surface area contributed by atoms with E-state index in [9.17, 15) is 21.6 Å². The van der Waals surface area contributed by atoms with Crippen molar-refractivity contribution < 1.29 is 26.3 Å². The first-order valence-corrected chi connectivity index (χ1v) is 11.5. The normalized spacial score (nSPS) is 12.7. The van der Waals surface area contributed by atoms with Gasteiger partial charge in [-0.2, -0.15) is 22.8 Å². The number of hydrogen-bond donors (Lipinski definition) is 1. The number of halogens is 3. The fraction of sp³-hybridized carbons (Fsp3) is 0.368. The van der Waals surface area contributed by atoms with E-state index in [0.717, 1.165) is 6.07 Å². The Morgan fingerprint density at radius 3 is 2.64 bits per heavy atom. The first kappa shape index (κ1) is 22.9. The summed E-state index contributed by atoms with van der Waals surface area (Å²) in [6.45, 7) is 2.30. The zero-order valence-electron chi connectivity index (χ0n) is 17.9. The van der Waals surface area contributed by atoms with Crippen molar-refractivity contribution in [2.45, 2.75) is 18.1 Å². The molecule has 4 heterocycles. The van der Waals surface area contributed by atoms with E-state index in [1.165, 1.54) is 29.3 Å². The molecule has 4 aromatic rings. The molecule has 33 heavy (non-hydrogen) atoms. The number of hydrogen-bond acceptors (Lipinski definition) is 8. The summed E-state index contributed by atoms with van der Waals surface area (Å²) in [5.41, 5.74) is -0.564. The number of aryl methyl sites for hydroxylation is 1. The molecule has 0 saturated carbocycles. The lowest BCUT2D eigenvalue weighted by atomic mass is 10.2. The molecular formula is C19H20F3N7O3S. The highest BCUT2D eigenvalue weighted by atomic mass is 32.2. The number of pyridine rings is 1. The van der Waals surface area contributed by atoms with Gasteiger partial charge in [0.05, 0.1) is 17.9 Å². The third-order valence-electron chi connectivity index (χ3n) is 5.03. The van der Waals surface area contributed by atoms with Crippen LogP contribution in [0.15, 0.2) is 29.6 Å². The molecule has 0 spiro atoms. The second-order valence-electron chi connectivity index (χ2n) is 7.13. The second-order valence-corrected chi connectivity index (χ2v) is 9.32. The molecule has 1 N–H and O–H groups in total. The fourth-order valence-electron chi connectivity index (χ4n) is 3.35. The van der Waals surface area contributed by atoms with E-state index in [1.807, 2.05) is 0 Å². The summed E-state index contributed by atoms with van der Waals surface area (Å²) in [6.07, 6.45) is -2.41. The van der Waals surface area contributed by atoms with Crippen LogP contribution in [-0.4, -0.2) is 63.6 Å². The van der Waals surface area contributed by atoms with E-state index in [1.54, 1.807) is 13.2 Å². The largest absolute Gasteiger partial charge is 0.417 e. The number of alkyl halides is 3. The van der Waals surface area contributed by atoms with Crippen molar-refractivity contribution in [1.82, 2.24) is 29.1 Å². The molecule has 0 aliphatic rings. The van der Waals surface area contributed by atoms with Crippen LogP contribution in [0.1, 0.15) is 12.5 Å². The van der Waals surface area contributed by atoms with Crippen molar-refractivity contribution >= 4 is 32.5 Å². The standard InChI is InChI=1S/C19H20F3N7O3S/c1-4-33(30,31)18-14(16-24-6-5-13(29(16)27-18)23-7-8-32-3)17-26-12-9-11(19(20,21)22)10-25-15(12)28(17)2/h5-6,9-10,23H,4,7-8H2,1-3H3.